The highest BCUT2D eigenvalue weighted by molar-refractivity contribution is 9.11. The summed E-state index contributed by atoms with van der Waals surface area (Å²) in [6.07, 6.45) is 1.04. The number of aromatic carboxylic acids is 1. The Hall–Kier alpha value is -0.940. The van der Waals surface area contributed by atoms with Gasteiger partial charge in [0.1, 0.15) is 21.1 Å². The van der Waals surface area contributed by atoms with Gasteiger partial charge in [-0.15, -0.1) is 11.3 Å². The first-order valence-electron chi connectivity index (χ1n) is 4.94. The second-order valence-electron chi connectivity index (χ2n) is 3.49. The summed E-state index contributed by atoms with van der Waals surface area (Å²) in [5.74, 6) is -1.43. The number of hydrogen-bond donors (Lipinski definition) is 2. The Bertz CT molecular complexity index is 824. The second kappa shape index (κ2) is 6.05. The molecule has 0 radical (unpaired) electrons. The quantitative estimate of drug-likeness (QED) is 0.718. The number of nitrogens with zero attached hydrogens (tertiary/aromatic N) is 2. The fraction of sp³-hybridized carbons (Fsp3) is 0. The second-order valence-corrected chi connectivity index (χ2v) is 8.24. The van der Waals surface area contributed by atoms with E-state index in [4.69, 9.17) is 28.3 Å². The molecular formula is C9H4BrCl2N3O4S2. The van der Waals surface area contributed by atoms with Gasteiger partial charge in [0.2, 0.25) is 0 Å². The lowest BCUT2D eigenvalue weighted by Gasteiger charge is -2.07. The van der Waals surface area contributed by atoms with Crippen LogP contribution in [-0.4, -0.2) is 29.5 Å². The molecule has 2 heterocycles. The summed E-state index contributed by atoms with van der Waals surface area (Å²) in [6, 6.07) is 1.02. The van der Waals surface area contributed by atoms with E-state index in [1.807, 2.05) is 0 Å². The first kappa shape index (κ1) is 16.4. The summed E-state index contributed by atoms with van der Waals surface area (Å²) in [7, 11) is -4.08. The molecule has 0 bridgehead atoms. The van der Waals surface area contributed by atoms with Crippen molar-refractivity contribution in [1.82, 2.24) is 9.97 Å². The van der Waals surface area contributed by atoms with Crippen LogP contribution in [0.15, 0.2) is 21.1 Å². The van der Waals surface area contributed by atoms with Crippen molar-refractivity contribution in [3.8, 4) is 0 Å². The van der Waals surface area contributed by atoms with E-state index in [1.165, 1.54) is 0 Å². The number of sulfonamides is 1. The normalized spacial score (nSPS) is 11.4. The van der Waals surface area contributed by atoms with E-state index in [0.717, 1.165) is 23.7 Å². The molecule has 112 valence electrons. The van der Waals surface area contributed by atoms with Gasteiger partial charge in [-0.05, 0) is 22.0 Å². The van der Waals surface area contributed by atoms with Crippen LogP contribution in [0, 0.1) is 0 Å². The molecule has 0 unspecified atom stereocenters. The molecule has 0 saturated carbocycles. The van der Waals surface area contributed by atoms with Crippen LogP contribution in [0.3, 0.4) is 0 Å². The third-order valence-electron chi connectivity index (χ3n) is 2.13. The summed E-state index contributed by atoms with van der Waals surface area (Å²) >= 11 is 15.2. The highest BCUT2D eigenvalue weighted by atomic mass is 79.9. The van der Waals surface area contributed by atoms with Crippen molar-refractivity contribution in [2.75, 3.05) is 4.72 Å². The zero-order valence-corrected chi connectivity index (χ0v) is 14.4. The molecule has 0 atom stereocenters. The highest BCUT2D eigenvalue weighted by Gasteiger charge is 2.25. The van der Waals surface area contributed by atoms with Crippen molar-refractivity contribution in [3.05, 3.63) is 31.2 Å². The standard InChI is InChI=1S/C9H4BrCl2N3O4S2/c10-6-4(1-3(20-6)9(16)17)21(18,19)15-8-5(11)7(12)13-2-14-8/h1-2H,(H,16,17)(H,13,14,15). The van der Waals surface area contributed by atoms with Gasteiger partial charge in [0.25, 0.3) is 10.0 Å². The summed E-state index contributed by atoms with van der Waals surface area (Å²) in [5, 5.41) is 8.60. The number of aromatic nitrogens is 2. The summed E-state index contributed by atoms with van der Waals surface area (Å²) in [4.78, 5) is 17.8. The van der Waals surface area contributed by atoms with Crippen molar-refractivity contribution in [2.45, 2.75) is 4.90 Å². The van der Waals surface area contributed by atoms with E-state index in [-0.39, 0.29) is 29.6 Å². The molecule has 0 aromatic carbocycles. The van der Waals surface area contributed by atoms with E-state index >= 15 is 0 Å². The molecule has 0 spiro atoms. The SMILES string of the molecule is O=C(O)c1cc(S(=O)(=O)Nc2ncnc(Cl)c2Cl)c(Br)s1. The Labute approximate surface area is 141 Å². The average molecular weight is 433 g/mol. The molecule has 0 fully saturated rings. The maximum atomic E-state index is 12.2. The number of carboxylic acids is 1. The van der Waals surface area contributed by atoms with Crippen LogP contribution >= 0.6 is 50.5 Å². The number of halogens is 3. The highest BCUT2D eigenvalue weighted by Crippen LogP contribution is 2.34. The van der Waals surface area contributed by atoms with E-state index in [0.29, 0.717) is 0 Å². The van der Waals surface area contributed by atoms with Gasteiger partial charge >= 0.3 is 5.97 Å². The van der Waals surface area contributed by atoms with Crippen molar-refractivity contribution in [1.29, 1.82) is 0 Å². The minimum absolute atomic E-state index is 0.111. The molecule has 2 aromatic rings. The third-order valence-corrected chi connectivity index (χ3v) is 6.45. The molecule has 2 N–H and O–H groups in total. The minimum Gasteiger partial charge on any atom is -0.477 e. The Kier molecular flexibility index (Phi) is 4.73. The summed E-state index contributed by atoms with van der Waals surface area (Å²) in [6.45, 7) is 0. The average Bonchev–Trinajstić information content (AvgIpc) is 2.78. The molecule has 21 heavy (non-hydrogen) atoms. The number of carbonyl (C=O) groups is 1. The van der Waals surface area contributed by atoms with Crippen LogP contribution < -0.4 is 4.72 Å². The van der Waals surface area contributed by atoms with Crippen LogP contribution in [0.4, 0.5) is 5.82 Å². The largest absolute Gasteiger partial charge is 0.477 e. The smallest absolute Gasteiger partial charge is 0.345 e. The molecular weight excluding hydrogens is 429 g/mol. The van der Waals surface area contributed by atoms with Crippen molar-refractivity contribution in [2.24, 2.45) is 0 Å². The molecule has 0 aliphatic carbocycles. The van der Waals surface area contributed by atoms with Crippen molar-refractivity contribution < 1.29 is 18.3 Å². The van der Waals surface area contributed by atoms with Crippen molar-refractivity contribution >= 4 is 72.3 Å². The Balaban J connectivity index is 2.43. The Morgan fingerprint density at radius 1 is 1.38 bits per heavy atom. The molecule has 0 aliphatic rings. The maximum Gasteiger partial charge on any atom is 0.345 e. The van der Waals surface area contributed by atoms with Crippen LogP contribution in [-0.2, 0) is 10.0 Å². The molecule has 7 nitrogen and oxygen atoms in total. The number of rotatable bonds is 4. The van der Waals surface area contributed by atoms with Crippen molar-refractivity contribution in [3.63, 3.8) is 0 Å². The van der Waals surface area contributed by atoms with Gasteiger partial charge in [-0.25, -0.2) is 23.2 Å². The fourth-order valence-corrected chi connectivity index (χ4v) is 5.00. The Morgan fingerprint density at radius 2 is 2.05 bits per heavy atom. The van der Waals surface area contributed by atoms with Gasteiger partial charge in [-0.1, -0.05) is 23.2 Å². The van der Waals surface area contributed by atoms with E-state index < -0.39 is 16.0 Å². The van der Waals surface area contributed by atoms with E-state index in [2.05, 4.69) is 30.6 Å². The van der Waals surface area contributed by atoms with Crippen LogP contribution in [0.5, 0.6) is 0 Å². The van der Waals surface area contributed by atoms with Gasteiger partial charge < -0.3 is 5.11 Å². The van der Waals surface area contributed by atoms with Gasteiger partial charge in [0.05, 0.1) is 3.79 Å². The Morgan fingerprint density at radius 3 is 2.62 bits per heavy atom. The molecule has 0 amide bonds. The van der Waals surface area contributed by atoms with Crippen LogP contribution in [0.25, 0.3) is 0 Å². The molecule has 2 rings (SSSR count). The summed E-state index contributed by atoms with van der Waals surface area (Å²) in [5.41, 5.74) is 0. The lowest BCUT2D eigenvalue weighted by molar-refractivity contribution is 0.0702. The molecule has 0 saturated heterocycles. The molecule has 0 aliphatic heterocycles. The first-order valence-corrected chi connectivity index (χ1v) is 8.78. The third kappa shape index (κ3) is 3.46. The number of thiophene rings is 1. The van der Waals surface area contributed by atoms with Gasteiger partial charge in [-0.2, -0.15) is 0 Å². The van der Waals surface area contributed by atoms with Crippen LogP contribution in [0.2, 0.25) is 10.2 Å². The number of anilines is 1. The zero-order valence-electron chi connectivity index (χ0n) is 9.67. The maximum absolute atomic E-state index is 12.2. The monoisotopic (exact) mass is 431 g/mol. The van der Waals surface area contributed by atoms with Crippen LogP contribution in [0.1, 0.15) is 9.67 Å². The van der Waals surface area contributed by atoms with Gasteiger partial charge in [0, 0.05) is 0 Å². The topological polar surface area (TPSA) is 109 Å². The lowest BCUT2D eigenvalue weighted by atomic mass is 10.5. The minimum atomic E-state index is -4.08. The molecule has 12 heteroatoms. The predicted molar refractivity (Wildman–Crippen MR) is 81.8 cm³/mol. The predicted octanol–water partition coefficient (Wildman–Crippen LogP) is 3.11. The van der Waals surface area contributed by atoms with Gasteiger partial charge in [-0.3, -0.25) is 4.72 Å². The number of nitrogens with one attached hydrogen (secondary N) is 1. The summed E-state index contributed by atoms with van der Waals surface area (Å²) < 4.78 is 26.7. The van der Waals surface area contributed by atoms with E-state index in [9.17, 15) is 13.2 Å². The fourth-order valence-electron chi connectivity index (χ4n) is 1.24. The van der Waals surface area contributed by atoms with E-state index in [1.54, 1.807) is 0 Å². The first-order chi connectivity index (χ1) is 9.72. The van der Waals surface area contributed by atoms with Gasteiger partial charge in [0.15, 0.2) is 11.0 Å². The zero-order chi connectivity index (χ0) is 15.8. The lowest BCUT2D eigenvalue weighted by Crippen LogP contribution is -2.14. The number of hydrogen-bond acceptors (Lipinski definition) is 6. The number of carboxylic acid groups (broad SMARTS) is 1. The molecule has 2 aromatic heterocycles.